The number of rotatable bonds is 4. The second-order valence-corrected chi connectivity index (χ2v) is 5.26. The number of fused-ring (bicyclic) bond motifs is 3. The highest BCUT2D eigenvalue weighted by molar-refractivity contribution is 6.37. The van der Waals surface area contributed by atoms with Crippen LogP contribution in [0.15, 0.2) is 56.8 Å². The second kappa shape index (κ2) is 6.04. The molecule has 0 saturated heterocycles. The van der Waals surface area contributed by atoms with Crippen molar-refractivity contribution in [1.29, 1.82) is 0 Å². The van der Waals surface area contributed by atoms with E-state index in [1.807, 2.05) is 36.4 Å². The standard InChI is InChI=1S/C18H15NO4/c1-11(12(2)20)19-22-10-14-9-17(21)23-18-15-6-4-3-5-13(15)7-8-16(14)18/h3-9H,10H2,1-2H3/b19-11+. The Kier molecular flexibility index (Phi) is 3.93. The fourth-order valence-electron chi connectivity index (χ4n) is 2.34. The zero-order valence-electron chi connectivity index (χ0n) is 12.8. The summed E-state index contributed by atoms with van der Waals surface area (Å²) in [6.07, 6.45) is 0. The molecule has 0 amide bonds. The minimum Gasteiger partial charge on any atom is -0.422 e. The van der Waals surface area contributed by atoms with E-state index in [1.54, 1.807) is 6.92 Å². The average molecular weight is 309 g/mol. The second-order valence-electron chi connectivity index (χ2n) is 5.26. The van der Waals surface area contributed by atoms with Gasteiger partial charge in [0.15, 0.2) is 5.78 Å². The topological polar surface area (TPSA) is 68.9 Å². The Bertz CT molecular complexity index is 985. The molecule has 0 N–H and O–H groups in total. The van der Waals surface area contributed by atoms with E-state index in [1.165, 1.54) is 13.0 Å². The van der Waals surface area contributed by atoms with E-state index >= 15 is 0 Å². The lowest BCUT2D eigenvalue weighted by atomic mass is 10.0. The Hall–Kier alpha value is -2.95. The van der Waals surface area contributed by atoms with Gasteiger partial charge >= 0.3 is 5.63 Å². The first-order valence-electron chi connectivity index (χ1n) is 7.18. The predicted molar refractivity (Wildman–Crippen MR) is 88.6 cm³/mol. The van der Waals surface area contributed by atoms with E-state index in [9.17, 15) is 9.59 Å². The number of hydrogen-bond acceptors (Lipinski definition) is 5. The Morgan fingerprint density at radius 3 is 2.70 bits per heavy atom. The van der Waals surface area contributed by atoms with Crippen LogP contribution in [-0.4, -0.2) is 11.5 Å². The molecule has 23 heavy (non-hydrogen) atoms. The minimum absolute atomic E-state index is 0.0884. The van der Waals surface area contributed by atoms with Crippen LogP contribution in [0, 0.1) is 0 Å². The first-order valence-corrected chi connectivity index (χ1v) is 7.18. The average Bonchev–Trinajstić information content (AvgIpc) is 2.54. The highest BCUT2D eigenvalue weighted by Crippen LogP contribution is 2.26. The summed E-state index contributed by atoms with van der Waals surface area (Å²) in [5.74, 6) is -0.159. The van der Waals surface area contributed by atoms with Gasteiger partial charge in [-0.25, -0.2) is 4.79 Å². The van der Waals surface area contributed by atoms with Gasteiger partial charge in [0.05, 0.1) is 0 Å². The van der Waals surface area contributed by atoms with Gasteiger partial charge in [-0.3, -0.25) is 4.79 Å². The Labute approximate surface area is 132 Å². The maximum absolute atomic E-state index is 11.8. The molecule has 3 rings (SSSR count). The SMILES string of the molecule is CC(=O)/C(C)=N/OCc1cc(=O)oc2c1ccc1ccccc12. The van der Waals surface area contributed by atoms with Gasteiger partial charge in [-0.1, -0.05) is 41.6 Å². The molecule has 1 aromatic heterocycles. The van der Waals surface area contributed by atoms with Crippen LogP contribution < -0.4 is 5.63 Å². The molecule has 1 heterocycles. The van der Waals surface area contributed by atoms with Crippen LogP contribution in [0.4, 0.5) is 0 Å². The van der Waals surface area contributed by atoms with Gasteiger partial charge < -0.3 is 9.25 Å². The molecular weight excluding hydrogens is 294 g/mol. The summed E-state index contributed by atoms with van der Waals surface area (Å²) in [6, 6.07) is 12.9. The van der Waals surface area contributed by atoms with E-state index in [2.05, 4.69) is 5.16 Å². The number of benzene rings is 2. The molecular formula is C18H15NO4. The van der Waals surface area contributed by atoms with Crippen LogP contribution in [0.1, 0.15) is 19.4 Å². The number of ketones is 1. The van der Waals surface area contributed by atoms with Crippen LogP contribution >= 0.6 is 0 Å². The summed E-state index contributed by atoms with van der Waals surface area (Å²) < 4.78 is 5.38. The summed E-state index contributed by atoms with van der Waals surface area (Å²) in [5.41, 5.74) is 1.03. The quantitative estimate of drug-likeness (QED) is 0.320. The molecule has 5 nitrogen and oxygen atoms in total. The third kappa shape index (κ3) is 2.99. The zero-order valence-corrected chi connectivity index (χ0v) is 12.8. The number of carbonyl (C=O) groups excluding carboxylic acids is 1. The molecule has 0 aliphatic heterocycles. The lowest BCUT2D eigenvalue weighted by molar-refractivity contribution is -0.111. The molecule has 0 fully saturated rings. The van der Waals surface area contributed by atoms with Crippen molar-refractivity contribution in [2.75, 3.05) is 0 Å². The molecule has 5 heteroatoms. The molecule has 2 aromatic carbocycles. The number of carbonyl (C=O) groups is 1. The molecule has 0 aliphatic carbocycles. The van der Waals surface area contributed by atoms with E-state index in [0.717, 1.165) is 16.2 Å². The van der Waals surface area contributed by atoms with Crippen LogP contribution in [0.5, 0.6) is 0 Å². The van der Waals surface area contributed by atoms with Crippen molar-refractivity contribution >= 4 is 33.2 Å². The van der Waals surface area contributed by atoms with Gasteiger partial charge in [0.2, 0.25) is 0 Å². The van der Waals surface area contributed by atoms with Gasteiger partial charge in [0.25, 0.3) is 0 Å². The van der Waals surface area contributed by atoms with E-state index in [-0.39, 0.29) is 18.1 Å². The van der Waals surface area contributed by atoms with Crippen LogP contribution in [-0.2, 0) is 16.2 Å². The van der Waals surface area contributed by atoms with Crippen molar-refractivity contribution in [1.82, 2.24) is 0 Å². The molecule has 0 aliphatic rings. The Morgan fingerprint density at radius 1 is 1.13 bits per heavy atom. The highest BCUT2D eigenvalue weighted by atomic mass is 16.6. The fraction of sp³-hybridized carbons (Fsp3) is 0.167. The lowest BCUT2D eigenvalue weighted by Gasteiger charge is -2.07. The van der Waals surface area contributed by atoms with Gasteiger partial charge in [-0.05, 0) is 12.3 Å². The summed E-state index contributed by atoms with van der Waals surface area (Å²) in [7, 11) is 0. The first kappa shape index (κ1) is 15.0. The summed E-state index contributed by atoms with van der Waals surface area (Å²) >= 11 is 0. The minimum atomic E-state index is -0.445. The fourth-order valence-corrected chi connectivity index (χ4v) is 2.34. The van der Waals surface area contributed by atoms with Crippen molar-refractivity contribution < 1.29 is 14.0 Å². The summed E-state index contributed by atoms with van der Waals surface area (Å²) in [4.78, 5) is 28.2. The largest absolute Gasteiger partial charge is 0.422 e. The van der Waals surface area contributed by atoms with Crippen molar-refractivity contribution in [3.05, 3.63) is 58.4 Å². The number of hydrogen-bond donors (Lipinski definition) is 0. The maximum Gasteiger partial charge on any atom is 0.336 e. The Balaban J connectivity index is 2.07. The molecule has 0 atom stereocenters. The highest BCUT2D eigenvalue weighted by Gasteiger charge is 2.09. The third-order valence-electron chi connectivity index (χ3n) is 3.65. The van der Waals surface area contributed by atoms with Crippen LogP contribution in [0.2, 0.25) is 0 Å². The summed E-state index contributed by atoms with van der Waals surface area (Å²) in [6.45, 7) is 3.08. The molecule has 0 bridgehead atoms. The normalized spacial score (nSPS) is 11.8. The first-order chi connectivity index (χ1) is 11.1. The molecule has 0 spiro atoms. The van der Waals surface area contributed by atoms with Gasteiger partial charge in [0, 0.05) is 29.3 Å². The van der Waals surface area contributed by atoms with Gasteiger partial charge in [-0.2, -0.15) is 0 Å². The maximum atomic E-state index is 11.8. The molecule has 116 valence electrons. The van der Waals surface area contributed by atoms with Crippen molar-refractivity contribution in [3.63, 3.8) is 0 Å². The number of oxime groups is 1. The number of Topliss-reactive ketones (excluding diaryl/α,β-unsaturated/α-hetero) is 1. The van der Waals surface area contributed by atoms with E-state index in [0.29, 0.717) is 11.1 Å². The predicted octanol–water partition coefficient (Wildman–Crippen LogP) is 3.43. The summed E-state index contributed by atoms with van der Waals surface area (Å²) in [5, 5.41) is 6.40. The van der Waals surface area contributed by atoms with Crippen molar-refractivity contribution in [2.45, 2.75) is 20.5 Å². The monoisotopic (exact) mass is 309 g/mol. The smallest absolute Gasteiger partial charge is 0.336 e. The zero-order chi connectivity index (χ0) is 16.4. The lowest BCUT2D eigenvalue weighted by Crippen LogP contribution is -2.06. The molecule has 0 unspecified atom stereocenters. The molecule has 0 radical (unpaired) electrons. The third-order valence-corrected chi connectivity index (χ3v) is 3.65. The van der Waals surface area contributed by atoms with E-state index in [4.69, 9.17) is 9.25 Å². The Morgan fingerprint density at radius 2 is 1.91 bits per heavy atom. The van der Waals surface area contributed by atoms with Crippen molar-refractivity contribution in [3.8, 4) is 0 Å². The number of nitrogens with zero attached hydrogens (tertiary/aromatic N) is 1. The molecule has 0 saturated carbocycles. The van der Waals surface area contributed by atoms with Gasteiger partial charge in [0.1, 0.15) is 17.9 Å². The molecule has 3 aromatic rings. The van der Waals surface area contributed by atoms with Gasteiger partial charge in [-0.15, -0.1) is 0 Å². The van der Waals surface area contributed by atoms with Crippen LogP contribution in [0.3, 0.4) is 0 Å². The van der Waals surface area contributed by atoms with Crippen molar-refractivity contribution in [2.24, 2.45) is 5.16 Å². The van der Waals surface area contributed by atoms with E-state index < -0.39 is 5.63 Å². The van der Waals surface area contributed by atoms with Crippen LogP contribution in [0.25, 0.3) is 21.7 Å².